The quantitative estimate of drug-likeness (QED) is 0.684. The highest BCUT2D eigenvalue weighted by Gasteiger charge is 2.32. The maximum atomic E-state index is 13.8. The number of nitrogens with one attached hydrogen (secondary N) is 1. The van der Waals surface area contributed by atoms with Crippen molar-refractivity contribution in [2.24, 2.45) is 0 Å². The molecule has 29 heavy (non-hydrogen) atoms. The number of nitrogens with zero attached hydrogens (tertiary/aromatic N) is 2. The number of furan rings is 1. The topological polar surface area (TPSA) is 94.2 Å². The molecule has 0 aliphatic carbocycles. The Morgan fingerprint density at radius 1 is 1.24 bits per heavy atom. The highest BCUT2D eigenvalue weighted by molar-refractivity contribution is 7.91. The molecule has 1 N–H and O–H groups in total. The molecule has 0 bridgehead atoms. The molecule has 4 rings (SSSR count). The fraction of sp³-hybridized carbons (Fsp3) is 0.263. The number of carbonyl (C=O) groups is 1. The molecular weight excluding hydrogens is 404 g/mol. The van der Waals surface area contributed by atoms with Crippen molar-refractivity contribution >= 4 is 15.7 Å². The van der Waals surface area contributed by atoms with Gasteiger partial charge in [-0.05, 0) is 30.7 Å². The summed E-state index contributed by atoms with van der Waals surface area (Å²) >= 11 is 0. The SMILES string of the molecule is O=C(NCc1c(F)cccc1F)c1cc(-c2ccco2)n(C2CCS(=O)(=O)C2)n1. The molecular formula is C19H17F2N3O4S. The zero-order valence-electron chi connectivity index (χ0n) is 15.1. The van der Waals surface area contributed by atoms with E-state index in [1.807, 2.05) is 0 Å². The van der Waals surface area contributed by atoms with Crippen LogP contribution in [0.1, 0.15) is 28.5 Å². The molecule has 1 aliphatic rings. The molecule has 3 heterocycles. The molecule has 1 fully saturated rings. The predicted octanol–water partition coefficient (Wildman–Crippen LogP) is 2.71. The first-order chi connectivity index (χ1) is 13.8. The number of halogens is 2. The zero-order chi connectivity index (χ0) is 20.6. The van der Waals surface area contributed by atoms with E-state index in [4.69, 9.17) is 4.42 Å². The van der Waals surface area contributed by atoms with Crippen LogP contribution < -0.4 is 5.32 Å². The van der Waals surface area contributed by atoms with Crippen molar-refractivity contribution in [3.8, 4) is 11.5 Å². The van der Waals surface area contributed by atoms with E-state index >= 15 is 0 Å². The van der Waals surface area contributed by atoms with Crippen LogP contribution in [-0.4, -0.2) is 35.6 Å². The van der Waals surface area contributed by atoms with E-state index in [-0.39, 0.29) is 29.3 Å². The van der Waals surface area contributed by atoms with Crippen molar-refractivity contribution < 1.29 is 26.4 Å². The third kappa shape index (κ3) is 3.93. The van der Waals surface area contributed by atoms with Gasteiger partial charge in [0.25, 0.3) is 5.91 Å². The van der Waals surface area contributed by atoms with Crippen LogP contribution in [-0.2, 0) is 16.4 Å². The van der Waals surface area contributed by atoms with Crippen LogP contribution in [0.4, 0.5) is 8.78 Å². The lowest BCUT2D eigenvalue weighted by Gasteiger charge is -2.11. The van der Waals surface area contributed by atoms with E-state index in [2.05, 4.69) is 10.4 Å². The molecule has 3 aromatic rings. The number of rotatable bonds is 5. The van der Waals surface area contributed by atoms with Gasteiger partial charge in [0.15, 0.2) is 21.3 Å². The van der Waals surface area contributed by atoms with Gasteiger partial charge in [0.2, 0.25) is 0 Å². The summed E-state index contributed by atoms with van der Waals surface area (Å²) in [5.41, 5.74) is 0.199. The van der Waals surface area contributed by atoms with Crippen LogP contribution in [0.3, 0.4) is 0 Å². The molecule has 2 aromatic heterocycles. The normalized spacial score (nSPS) is 18.1. The highest BCUT2D eigenvalue weighted by Crippen LogP contribution is 2.30. The minimum atomic E-state index is -3.17. The molecule has 152 valence electrons. The lowest BCUT2D eigenvalue weighted by atomic mass is 10.2. The Hall–Kier alpha value is -3.01. The number of hydrogen-bond acceptors (Lipinski definition) is 5. The van der Waals surface area contributed by atoms with Gasteiger partial charge in [-0.1, -0.05) is 6.07 Å². The summed E-state index contributed by atoms with van der Waals surface area (Å²) in [6, 6.07) is 7.83. The standard InChI is InChI=1S/C19H17F2N3O4S/c20-14-3-1-4-15(21)13(14)10-22-19(25)16-9-17(18-5-2-7-28-18)24(23-16)12-6-8-29(26,27)11-12/h1-5,7,9,12H,6,8,10-11H2,(H,22,25). The van der Waals surface area contributed by atoms with E-state index in [9.17, 15) is 22.0 Å². The summed E-state index contributed by atoms with van der Waals surface area (Å²) < 4.78 is 58.1. The summed E-state index contributed by atoms with van der Waals surface area (Å²) in [6.45, 7) is -0.349. The van der Waals surface area contributed by atoms with Gasteiger partial charge in [-0.15, -0.1) is 0 Å². The minimum absolute atomic E-state index is 0.00237. The molecule has 0 radical (unpaired) electrons. The molecule has 1 aromatic carbocycles. The third-order valence-electron chi connectivity index (χ3n) is 4.78. The van der Waals surface area contributed by atoms with Crippen molar-refractivity contribution in [3.63, 3.8) is 0 Å². The van der Waals surface area contributed by atoms with E-state index in [0.717, 1.165) is 12.1 Å². The van der Waals surface area contributed by atoms with Crippen molar-refractivity contribution in [1.29, 1.82) is 0 Å². The molecule has 1 amide bonds. The number of hydrogen-bond donors (Lipinski definition) is 1. The van der Waals surface area contributed by atoms with E-state index in [1.54, 1.807) is 12.1 Å². The van der Waals surface area contributed by atoms with Crippen molar-refractivity contribution in [1.82, 2.24) is 15.1 Å². The smallest absolute Gasteiger partial charge is 0.272 e. The average molecular weight is 421 g/mol. The maximum absolute atomic E-state index is 13.8. The van der Waals surface area contributed by atoms with Crippen molar-refractivity contribution in [3.05, 3.63) is 65.6 Å². The predicted molar refractivity (Wildman–Crippen MR) is 99.8 cm³/mol. The summed E-state index contributed by atoms with van der Waals surface area (Å²) in [7, 11) is -3.17. The first-order valence-corrected chi connectivity index (χ1v) is 10.7. The Morgan fingerprint density at radius 2 is 2.00 bits per heavy atom. The van der Waals surface area contributed by atoms with Crippen molar-refractivity contribution in [2.75, 3.05) is 11.5 Å². The molecule has 10 heteroatoms. The molecule has 7 nitrogen and oxygen atoms in total. The fourth-order valence-corrected chi connectivity index (χ4v) is 5.01. The molecule has 0 spiro atoms. The summed E-state index contributed by atoms with van der Waals surface area (Å²) in [4.78, 5) is 12.5. The van der Waals surface area contributed by atoms with Gasteiger partial charge in [-0.25, -0.2) is 17.2 Å². The van der Waals surface area contributed by atoms with Crippen molar-refractivity contribution in [2.45, 2.75) is 19.0 Å². The Kier molecular flexibility index (Phi) is 4.95. The first kappa shape index (κ1) is 19.3. The molecule has 0 saturated carbocycles. The molecule has 1 unspecified atom stereocenters. The number of sulfone groups is 1. The van der Waals surface area contributed by atoms with E-state index in [0.29, 0.717) is 17.9 Å². The van der Waals surface area contributed by atoms with Gasteiger partial charge < -0.3 is 9.73 Å². The Labute approximate surface area is 165 Å². The number of carbonyl (C=O) groups excluding carboxylic acids is 1. The number of amides is 1. The van der Waals surface area contributed by atoms with E-state index in [1.165, 1.54) is 23.1 Å². The van der Waals surface area contributed by atoms with Crippen LogP contribution in [0.5, 0.6) is 0 Å². The minimum Gasteiger partial charge on any atom is -0.463 e. The van der Waals surface area contributed by atoms with Crippen LogP contribution >= 0.6 is 0 Å². The van der Waals surface area contributed by atoms with Gasteiger partial charge in [0.1, 0.15) is 17.3 Å². The second-order valence-corrected chi connectivity index (χ2v) is 9.01. The molecule has 1 aliphatic heterocycles. The van der Waals surface area contributed by atoms with Gasteiger partial charge in [0, 0.05) is 18.2 Å². The Morgan fingerprint density at radius 3 is 2.62 bits per heavy atom. The van der Waals surface area contributed by atoms with Crippen LogP contribution in [0.15, 0.2) is 47.1 Å². The van der Waals surface area contributed by atoms with Crippen LogP contribution in [0, 0.1) is 11.6 Å². The van der Waals surface area contributed by atoms with Crippen LogP contribution in [0.25, 0.3) is 11.5 Å². The highest BCUT2D eigenvalue weighted by atomic mass is 32.2. The maximum Gasteiger partial charge on any atom is 0.272 e. The van der Waals surface area contributed by atoms with Gasteiger partial charge in [-0.3, -0.25) is 9.48 Å². The van der Waals surface area contributed by atoms with E-state index < -0.39 is 33.4 Å². The summed E-state index contributed by atoms with van der Waals surface area (Å²) in [5, 5.41) is 6.71. The third-order valence-corrected chi connectivity index (χ3v) is 6.53. The van der Waals surface area contributed by atoms with Gasteiger partial charge in [-0.2, -0.15) is 5.10 Å². The lowest BCUT2D eigenvalue weighted by Crippen LogP contribution is -2.25. The number of benzene rings is 1. The molecule has 1 saturated heterocycles. The fourth-order valence-electron chi connectivity index (χ4n) is 3.32. The van der Waals surface area contributed by atoms with Crippen LogP contribution in [0.2, 0.25) is 0 Å². The Balaban J connectivity index is 1.61. The first-order valence-electron chi connectivity index (χ1n) is 8.89. The van der Waals surface area contributed by atoms with Gasteiger partial charge in [0.05, 0.1) is 23.8 Å². The lowest BCUT2D eigenvalue weighted by molar-refractivity contribution is 0.0944. The Bertz CT molecular complexity index is 1140. The molecule has 1 atom stereocenters. The van der Waals surface area contributed by atoms with Gasteiger partial charge >= 0.3 is 0 Å². The monoisotopic (exact) mass is 421 g/mol. The second kappa shape index (κ2) is 7.43. The summed E-state index contributed by atoms with van der Waals surface area (Å²) in [6.07, 6.45) is 1.83. The average Bonchev–Trinajstić information content (AvgIpc) is 3.39. The second-order valence-electron chi connectivity index (χ2n) is 6.78. The number of aromatic nitrogens is 2. The summed E-state index contributed by atoms with van der Waals surface area (Å²) in [5.74, 6) is -1.76. The largest absolute Gasteiger partial charge is 0.463 e. The zero-order valence-corrected chi connectivity index (χ0v) is 16.0.